The zero-order valence-corrected chi connectivity index (χ0v) is 8.21. The third-order valence-corrected chi connectivity index (χ3v) is 2.47. The molecular formula is C9H10ClN3O. The van der Waals surface area contributed by atoms with E-state index in [9.17, 15) is 4.79 Å². The van der Waals surface area contributed by atoms with Gasteiger partial charge in [-0.25, -0.2) is 4.98 Å². The number of rotatable bonds is 2. The Morgan fingerprint density at radius 3 is 3.00 bits per heavy atom. The highest BCUT2D eigenvalue weighted by Gasteiger charge is 2.25. The molecule has 0 atom stereocenters. The van der Waals surface area contributed by atoms with Crippen LogP contribution in [-0.4, -0.2) is 24.0 Å². The highest BCUT2D eigenvalue weighted by atomic mass is 35.5. The minimum atomic E-state index is -0.00125. The van der Waals surface area contributed by atoms with Crippen LogP contribution in [0.1, 0.15) is 0 Å². The fraction of sp³-hybridized carbons (Fsp3) is 0.333. The maximum Gasteiger partial charge on any atom is 0.230 e. The van der Waals surface area contributed by atoms with Crippen molar-refractivity contribution in [3.63, 3.8) is 0 Å². The maximum absolute atomic E-state index is 11.5. The predicted molar refractivity (Wildman–Crippen MR) is 54.2 cm³/mol. The number of pyridine rings is 1. The molecule has 0 aromatic carbocycles. The van der Waals surface area contributed by atoms with Crippen LogP contribution in [0, 0.1) is 5.92 Å². The average molecular weight is 212 g/mol. The molecule has 0 aliphatic carbocycles. The second-order valence-corrected chi connectivity index (χ2v) is 3.54. The van der Waals surface area contributed by atoms with E-state index in [2.05, 4.69) is 15.6 Å². The van der Waals surface area contributed by atoms with Gasteiger partial charge in [0.1, 0.15) is 0 Å². The van der Waals surface area contributed by atoms with Gasteiger partial charge >= 0.3 is 0 Å². The van der Waals surface area contributed by atoms with Crippen LogP contribution in [0.25, 0.3) is 0 Å². The lowest BCUT2D eigenvalue weighted by atomic mass is 10.0. The minimum Gasteiger partial charge on any atom is -0.323 e. The number of carbonyl (C=O) groups is 1. The third kappa shape index (κ3) is 1.86. The molecule has 2 heterocycles. The van der Waals surface area contributed by atoms with Crippen molar-refractivity contribution in [2.24, 2.45) is 5.92 Å². The molecule has 0 unspecified atom stereocenters. The van der Waals surface area contributed by atoms with Gasteiger partial charge in [-0.15, -0.1) is 0 Å². The monoisotopic (exact) mass is 211 g/mol. The van der Waals surface area contributed by atoms with E-state index in [1.165, 1.54) is 0 Å². The largest absolute Gasteiger partial charge is 0.323 e. The molecule has 0 spiro atoms. The standard InChI is InChI=1S/C9H10ClN3O/c10-8-7(2-1-3-12-8)13-9(14)6-4-11-5-6/h1-3,6,11H,4-5H2,(H,13,14). The number of anilines is 1. The van der Waals surface area contributed by atoms with Crippen molar-refractivity contribution in [1.29, 1.82) is 0 Å². The van der Waals surface area contributed by atoms with E-state index in [4.69, 9.17) is 11.6 Å². The summed E-state index contributed by atoms with van der Waals surface area (Å²) in [5.74, 6) is 0.0601. The molecular weight excluding hydrogens is 202 g/mol. The fourth-order valence-corrected chi connectivity index (χ4v) is 1.35. The molecule has 0 radical (unpaired) electrons. The van der Waals surface area contributed by atoms with Gasteiger partial charge in [0.2, 0.25) is 5.91 Å². The Morgan fingerprint density at radius 1 is 1.64 bits per heavy atom. The Labute approximate surface area is 86.7 Å². The molecule has 0 saturated carbocycles. The number of carbonyl (C=O) groups excluding carboxylic acids is 1. The van der Waals surface area contributed by atoms with Crippen molar-refractivity contribution >= 4 is 23.2 Å². The first-order valence-electron chi connectivity index (χ1n) is 4.39. The van der Waals surface area contributed by atoms with E-state index < -0.39 is 0 Å². The highest BCUT2D eigenvalue weighted by molar-refractivity contribution is 6.32. The summed E-state index contributed by atoms with van der Waals surface area (Å²) in [7, 11) is 0. The summed E-state index contributed by atoms with van der Waals surface area (Å²) in [5.41, 5.74) is 0.575. The van der Waals surface area contributed by atoms with Gasteiger partial charge in [-0.05, 0) is 12.1 Å². The predicted octanol–water partition coefficient (Wildman–Crippen LogP) is 0.893. The van der Waals surface area contributed by atoms with Gasteiger partial charge in [0.25, 0.3) is 0 Å². The van der Waals surface area contributed by atoms with E-state index in [1.807, 2.05) is 0 Å². The number of hydrogen-bond donors (Lipinski definition) is 2. The van der Waals surface area contributed by atoms with Gasteiger partial charge in [-0.2, -0.15) is 0 Å². The molecule has 4 nitrogen and oxygen atoms in total. The lowest BCUT2D eigenvalue weighted by molar-refractivity contribution is -0.121. The Balaban J connectivity index is 2.03. The summed E-state index contributed by atoms with van der Waals surface area (Å²) < 4.78 is 0. The van der Waals surface area contributed by atoms with Crippen LogP contribution < -0.4 is 10.6 Å². The molecule has 1 aliphatic rings. The van der Waals surface area contributed by atoms with Gasteiger partial charge in [0.15, 0.2) is 5.15 Å². The normalized spacial score (nSPS) is 16.1. The molecule has 2 rings (SSSR count). The molecule has 14 heavy (non-hydrogen) atoms. The molecule has 1 aromatic rings. The van der Waals surface area contributed by atoms with E-state index in [0.717, 1.165) is 13.1 Å². The Bertz CT molecular complexity index is 352. The van der Waals surface area contributed by atoms with Crippen molar-refractivity contribution in [3.8, 4) is 0 Å². The van der Waals surface area contributed by atoms with Crippen LogP contribution in [0.4, 0.5) is 5.69 Å². The number of amides is 1. The summed E-state index contributed by atoms with van der Waals surface area (Å²) in [6, 6.07) is 3.47. The first-order chi connectivity index (χ1) is 6.77. The van der Waals surface area contributed by atoms with Gasteiger partial charge in [-0.3, -0.25) is 4.79 Å². The Kier molecular flexibility index (Phi) is 2.65. The first-order valence-corrected chi connectivity index (χ1v) is 4.77. The van der Waals surface area contributed by atoms with Crippen LogP contribution in [-0.2, 0) is 4.79 Å². The lowest BCUT2D eigenvalue weighted by Gasteiger charge is -2.25. The van der Waals surface area contributed by atoms with Crippen LogP contribution in [0.5, 0.6) is 0 Å². The van der Waals surface area contributed by atoms with Crippen LogP contribution >= 0.6 is 11.6 Å². The summed E-state index contributed by atoms with van der Waals surface area (Å²) in [6.07, 6.45) is 1.59. The fourth-order valence-electron chi connectivity index (χ4n) is 1.19. The smallest absolute Gasteiger partial charge is 0.230 e. The molecule has 1 aromatic heterocycles. The van der Waals surface area contributed by atoms with Crippen molar-refractivity contribution in [2.75, 3.05) is 18.4 Å². The SMILES string of the molecule is O=C(Nc1cccnc1Cl)C1CNC1. The third-order valence-electron chi connectivity index (χ3n) is 2.17. The van der Waals surface area contributed by atoms with E-state index >= 15 is 0 Å². The molecule has 2 N–H and O–H groups in total. The summed E-state index contributed by atoms with van der Waals surface area (Å²) in [5, 5.41) is 6.10. The van der Waals surface area contributed by atoms with Crippen LogP contribution in [0.2, 0.25) is 5.15 Å². The Hall–Kier alpha value is -1.13. The van der Waals surface area contributed by atoms with Gasteiger partial charge in [0, 0.05) is 19.3 Å². The molecule has 1 saturated heterocycles. The van der Waals surface area contributed by atoms with Crippen LogP contribution in [0.3, 0.4) is 0 Å². The minimum absolute atomic E-state index is 0.00125. The van der Waals surface area contributed by atoms with E-state index in [0.29, 0.717) is 10.8 Å². The lowest BCUT2D eigenvalue weighted by Crippen LogP contribution is -2.48. The number of hydrogen-bond acceptors (Lipinski definition) is 3. The number of halogens is 1. The van der Waals surface area contributed by atoms with Gasteiger partial charge in [-0.1, -0.05) is 11.6 Å². The molecule has 0 bridgehead atoms. The van der Waals surface area contributed by atoms with Gasteiger partial charge < -0.3 is 10.6 Å². The summed E-state index contributed by atoms with van der Waals surface area (Å²) in [6.45, 7) is 1.48. The van der Waals surface area contributed by atoms with Crippen molar-refractivity contribution in [3.05, 3.63) is 23.5 Å². The number of nitrogens with one attached hydrogen (secondary N) is 2. The molecule has 74 valence electrons. The topological polar surface area (TPSA) is 54.0 Å². The second-order valence-electron chi connectivity index (χ2n) is 3.19. The first kappa shape index (κ1) is 9.43. The molecule has 1 fully saturated rings. The van der Waals surface area contributed by atoms with Crippen LogP contribution in [0.15, 0.2) is 18.3 Å². The maximum atomic E-state index is 11.5. The average Bonchev–Trinajstić information content (AvgIpc) is 2.05. The number of nitrogens with zero attached hydrogens (tertiary/aromatic N) is 1. The summed E-state index contributed by atoms with van der Waals surface area (Å²) >= 11 is 5.79. The van der Waals surface area contributed by atoms with Crippen molar-refractivity contribution in [2.45, 2.75) is 0 Å². The Morgan fingerprint density at radius 2 is 2.43 bits per heavy atom. The van der Waals surface area contributed by atoms with Gasteiger partial charge in [0.05, 0.1) is 11.6 Å². The highest BCUT2D eigenvalue weighted by Crippen LogP contribution is 2.18. The quantitative estimate of drug-likeness (QED) is 0.715. The zero-order chi connectivity index (χ0) is 9.97. The van der Waals surface area contributed by atoms with E-state index in [-0.39, 0.29) is 11.8 Å². The zero-order valence-electron chi connectivity index (χ0n) is 7.46. The number of aromatic nitrogens is 1. The summed E-state index contributed by atoms with van der Waals surface area (Å²) in [4.78, 5) is 15.4. The van der Waals surface area contributed by atoms with Crippen molar-refractivity contribution < 1.29 is 4.79 Å². The molecule has 1 aliphatic heterocycles. The molecule has 1 amide bonds. The second kappa shape index (κ2) is 3.94. The van der Waals surface area contributed by atoms with E-state index in [1.54, 1.807) is 18.3 Å². The van der Waals surface area contributed by atoms with Crippen molar-refractivity contribution in [1.82, 2.24) is 10.3 Å². The molecule has 5 heteroatoms.